The molecule has 0 aliphatic heterocycles. The monoisotopic (exact) mass is 238 g/mol. The Labute approximate surface area is 102 Å². The molecular weight excluding hydrogens is 216 g/mol. The van der Waals surface area contributed by atoms with E-state index in [-0.39, 0.29) is 12.1 Å². The van der Waals surface area contributed by atoms with Gasteiger partial charge < -0.3 is 10.4 Å². The van der Waals surface area contributed by atoms with Gasteiger partial charge in [-0.1, -0.05) is 25.0 Å². The number of aliphatic hydroxyl groups is 1. The average molecular weight is 238 g/mol. The molecule has 0 radical (unpaired) electrons. The van der Waals surface area contributed by atoms with Gasteiger partial charge in [0.05, 0.1) is 18.5 Å². The van der Waals surface area contributed by atoms with Crippen LogP contribution in [0.15, 0.2) is 6.20 Å². The van der Waals surface area contributed by atoms with E-state index >= 15 is 0 Å². The molecule has 2 unspecified atom stereocenters. The summed E-state index contributed by atoms with van der Waals surface area (Å²) in [7, 11) is 1.89. The molecular formula is C12H22N4O. The second-order valence-electron chi connectivity index (χ2n) is 5.34. The fourth-order valence-corrected chi connectivity index (χ4v) is 2.77. The Morgan fingerprint density at radius 3 is 3.06 bits per heavy atom. The number of aromatic nitrogens is 3. The van der Waals surface area contributed by atoms with E-state index in [4.69, 9.17) is 0 Å². The number of aryl methyl sites for hydroxylation is 1. The molecule has 1 heterocycles. The molecule has 0 bridgehead atoms. The van der Waals surface area contributed by atoms with Gasteiger partial charge in [-0.3, -0.25) is 4.68 Å². The second-order valence-corrected chi connectivity index (χ2v) is 5.34. The molecule has 0 spiro atoms. The molecule has 2 N–H and O–H groups in total. The maximum Gasteiger partial charge on any atom is 0.0738 e. The summed E-state index contributed by atoms with van der Waals surface area (Å²) in [5.74, 6) is 0.688. The van der Waals surface area contributed by atoms with Crippen molar-refractivity contribution < 1.29 is 5.11 Å². The van der Waals surface area contributed by atoms with Crippen LogP contribution in [0, 0.1) is 5.92 Å². The Bertz CT molecular complexity index is 365. The van der Waals surface area contributed by atoms with Crippen LogP contribution in [0.25, 0.3) is 0 Å². The second kappa shape index (κ2) is 5.14. The van der Waals surface area contributed by atoms with Crippen molar-refractivity contribution in [1.82, 2.24) is 20.3 Å². The molecule has 96 valence electrons. The van der Waals surface area contributed by atoms with Crippen molar-refractivity contribution in [3.8, 4) is 0 Å². The molecule has 0 amide bonds. The third-order valence-corrected chi connectivity index (χ3v) is 3.85. The lowest BCUT2D eigenvalue weighted by atomic mass is 9.77. The Morgan fingerprint density at radius 2 is 2.47 bits per heavy atom. The topological polar surface area (TPSA) is 63.0 Å². The minimum atomic E-state index is -0.109. The molecule has 0 aromatic carbocycles. The minimum absolute atomic E-state index is 0.109. The summed E-state index contributed by atoms with van der Waals surface area (Å²) >= 11 is 0. The van der Waals surface area contributed by atoms with Crippen LogP contribution in [0.1, 0.15) is 38.3 Å². The lowest BCUT2D eigenvalue weighted by molar-refractivity contribution is 0.0976. The van der Waals surface area contributed by atoms with Gasteiger partial charge >= 0.3 is 0 Å². The molecule has 1 fully saturated rings. The number of nitrogens with one attached hydrogen (secondary N) is 1. The number of hydrogen-bond acceptors (Lipinski definition) is 4. The van der Waals surface area contributed by atoms with Crippen molar-refractivity contribution in [2.24, 2.45) is 13.0 Å². The molecule has 1 aromatic rings. The van der Waals surface area contributed by atoms with Gasteiger partial charge in [0, 0.05) is 19.1 Å². The van der Waals surface area contributed by atoms with Gasteiger partial charge in [0.2, 0.25) is 0 Å². The van der Waals surface area contributed by atoms with Gasteiger partial charge in [0.25, 0.3) is 0 Å². The standard InChI is InChI=1S/C12H22N4O/c1-10-4-3-5-12(6-10,9-17)13-7-11-8-14-15-16(11)2/h8,10,13,17H,3-7,9H2,1-2H3. The van der Waals surface area contributed by atoms with E-state index in [2.05, 4.69) is 22.6 Å². The highest BCUT2D eigenvalue weighted by Crippen LogP contribution is 2.32. The first-order valence-electron chi connectivity index (χ1n) is 6.35. The third kappa shape index (κ3) is 2.84. The Balaban J connectivity index is 1.97. The van der Waals surface area contributed by atoms with Gasteiger partial charge in [-0.2, -0.15) is 0 Å². The Morgan fingerprint density at radius 1 is 1.65 bits per heavy atom. The molecule has 5 heteroatoms. The molecule has 1 saturated carbocycles. The summed E-state index contributed by atoms with van der Waals surface area (Å²) in [4.78, 5) is 0. The molecule has 1 aliphatic carbocycles. The molecule has 2 rings (SSSR count). The molecule has 1 aliphatic rings. The number of aliphatic hydroxyl groups excluding tert-OH is 1. The van der Waals surface area contributed by atoms with Crippen molar-refractivity contribution in [3.05, 3.63) is 11.9 Å². The molecule has 0 saturated heterocycles. The van der Waals surface area contributed by atoms with Crippen LogP contribution < -0.4 is 5.32 Å². The summed E-state index contributed by atoms with van der Waals surface area (Å²) in [6.07, 6.45) is 6.34. The Hall–Kier alpha value is -0.940. The fraction of sp³-hybridized carbons (Fsp3) is 0.833. The van der Waals surface area contributed by atoms with Crippen LogP contribution in [0.4, 0.5) is 0 Å². The van der Waals surface area contributed by atoms with E-state index in [0.717, 1.165) is 25.1 Å². The van der Waals surface area contributed by atoms with E-state index in [1.165, 1.54) is 12.8 Å². The van der Waals surface area contributed by atoms with Gasteiger partial charge in [0.1, 0.15) is 0 Å². The fourth-order valence-electron chi connectivity index (χ4n) is 2.77. The smallest absolute Gasteiger partial charge is 0.0738 e. The van der Waals surface area contributed by atoms with Crippen molar-refractivity contribution in [1.29, 1.82) is 0 Å². The van der Waals surface area contributed by atoms with Crippen LogP contribution >= 0.6 is 0 Å². The lowest BCUT2D eigenvalue weighted by Crippen LogP contribution is -2.51. The SMILES string of the molecule is CC1CCCC(CO)(NCc2cnnn2C)C1. The predicted octanol–water partition coefficient (Wildman–Crippen LogP) is 0.846. The highest BCUT2D eigenvalue weighted by Gasteiger charge is 2.33. The predicted molar refractivity (Wildman–Crippen MR) is 65.3 cm³/mol. The van der Waals surface area contributed by atoms with E-state index in [9.17, 15) is 5.11 Å². The maximum absolute atomic E-state index is 9.66. The zero-order chi connectivity index (χ0) is 12.3. The average Bonchev–Trinajstić information content (AvgIpc) is 2.72. The quantitative estimate of drug-likeness (QED) is 0.816. The summed E-state index contributed by atoms with van der Waals surface area (Å²) in [6.45, 7) is 3.19. The molecule has 17 heavy (non-hydrogen) atoms. The minimum Gasteiger partial charge on any atom is -0.394 e. The van der Waals surface area contributed by atoms with Crippen molar-refractivity contribution in [2.45, 2.75) is 44.7 Å². The maximum atomic E-state index is 9.66. The van der Waals surface area contributed by atoms with Gasteiger partial charge in [-0.15, -0.1) is 5.10 Å². The number of nitrogens with zero attached hydrogens (tertiary/aromatic N) is 3. The first-order chi connectivity index (χ1) is 8.15. The van der Waals surface area contributed by atoms with Crippen LogP contribution in [-0.2, 0) is 13.6 Å². The van der Waals surface area contributed by atoms with Crippen LogP contribution in [0.5, 0.6) is 0 Å². The lowest BCUT2D eigenvalue weighted by Gasteiger charge is -2.39. The summed E-state index contributed by atoms with van der Waals surface area (Å²) in [6, 6.07) is 0. The van der Waals surface area contributed by atoms with Gasteiger partial charge in [0.15, 0.2) is 0 Å². The third-order valence-electron chi connectivity index (χ3n) is 3.85. The molecule has 2 atom stereocenters. The largest absolute Gasteiger partial charge is 0.394 e. The molecule has 5 nitrogen and oxygen atoms in total. The van der Waals surface area contributed by atoms with Crippen LogP contribution in [-0.4, -0.2) is 32.2 Å². The number of hydrogen-bond donors (Lipinski definition) is 2. The highest BCUT2D eigenvalue weighted by molar-refractivity contribution is 4.98. The first-order valence-corrected chi connectivity index (χ1v) is 6.35. The zero-order valence-corrected chi connectivity index (χ0v) is 10.7. The van der Waals surface area contributed by atoms with Crippen molar-refractivity contribution in [2.75, 3.05) is 6.61 Å². The van der Waals surface area contributed by atoms with E-state index in [1.54, 1.807) is 10.9 Å². The van der Waals surface area contributed by atoms with Gasteiger partial charge in [-0.05, 0) is 18.8 Å². The Kier molecular flexibility index (Phi) is 3.79. The summed E-state index contributed by atoms with van der Waals surface area (Å²) in [5, 5.41) is 20.9. The highest BCUT2D eigenvalue weighted by atomic mass is 16.3. The van der Waals surface area contributed by atoms with E-state index in [1.807, 2.05) is 7.05 Å². The van der Waals surface area contributed by atoms with Crippen molar-refractivity contribution >= 4 is 0 Å². The normalized spacial score (nSPS) is 29.5. The van der Waals surface area contributed by atoms with Crippen LogP contribution in [0.2, 0.25) is 0 Å². The molecule has 1 aromatic heterocycles. The van der Waals surface area contributed by atoms with Gasteiger partial charge in [-0.25, -0.2) is 0 Å². The van der Waals surface area contributed by atoms with Crippen LogP contribution in [0.3, 0.4) is 0 Å². The van der Waals surface area contributed by atoms with E-state index in [0.29, 0.717) is 5.92 Å². The summed E-state index contributed by atoms with van der Waals surface area (Å²) < 4.78 is 1.77. The zero-order valence-electron chi connectivity index (χ0n) is 10.7. The van der Waals surface area contributed by atoms with E-state index < -0.39 is 0 Å². The first kappa shape index (κ1) is 12.5. The van der Waals surface area contributed by atoms with Crippen molar-refractivity contribution in [3.63, 3.8) is 0 Å². The number of rotatable bonds is 4. The summed E-state index contributed by atoms with van der Waals surface area (Å²) in [5.41, 5.74) is 0.943.